The minimum atomic E-state index is -0.277. The van der Waals surface area contributed by atoms with E-state index >= 15 is 0 Å². The van der Waals surface area contributed by atoms with Crippen LogP contribution in [0.2, 0.25) is 0 Å². The molecule has 1 rings (SSSR count). The number of esters is 1. The molecule has 0 aliphatic rings. The summed E-state index contributed by atoms with van der Waals surface area (Å²) in [7, 11) is 0. The Labute approximate surface area is 187 Å². The van der Waals surface area contributed by atoms with Gasteiger partial charge in [-0.25, -0.2) is 0 Å². The van der Waals surface area contributed by atoms with Crippen molar-refractivity contribution < 1.29 is 77.3 Å². The Kier molecular flexibility index (Phi) is 14.2. The second-order valence-electron chi connectivity index (χ2n) is 5.42. The molecular formula is C17H24NO4Rb. The van der Waals surface area contributed by atoms with Crippen molar-refractivity contribution >= 4 is 11.9 Å². The zero-order valence-corrected chi connectivity index (χ0v) is 19.2. The van der Waals surface area contributed by atoms with Crippen molar-refractivity contribution in [3.05, 3.63) is 41.2 Å². The van der Waals surface area contributed by atoms with E-state index in [9.17, 15) is 9.59 Å². The average Bonchev–Trinajstić information content (AvgIpc) is 2.49. The standard InChI is InChI=1S/C17H25NO4.Rb/c1-14(2)11-17(20)22-10-6-9-21-13-16(19)18-12-15-7-4-3-5-8-15;/h3-5,7-8,14H,6,9-13H2,1-2H3,(H,18,19);/q;+1/p-1. The molecule has 0 bridgehead atoms. The van der Waals surface area contributed by atoms with Crippen molar-refractivity contribution in [3.63, 3.8) is 0 Å². The molecule has 0 spiro atoms. The maximum absolute atomic E-state index is 11.5. The maximum Gasteiger partial charge on any atom is 1.00 e. The summed E-state index contributed by atoms with van der Waals surface area (Å²) >= 11 is 0. The minimum absolute atomic E-state index is 0. The molecule has 0 saturated carbocycles. The van der Waals surface area contributed by atoms with Crippen molar-refractivity contribution in [2.75, 3.05) is 19.8 Å². The fraction of sp³-hybridized carbons (Fsp3) is 0.529. The molecule has 0 atom stereocenters. The Morgan fingerprint density at radius 3 is 2.48 bits per heavy atom. The van der Waals surface area contributed by atoms with Gasteiger partial charge in [-0.15, -0.1) is 6.54 Å². The molecule has 0 fully saturated rings. The third kappa shape index (κ3) is 13.0. The Balaban J connectivity index is 0.00000484. The monoisotopic (exact) mass is 391 g/mol. The van der Waals surface area contributed by atoms with E-state index in [2.05, 4.69) is 5.32 Å². The maximum atomic E-state index is 11.5. The fourth-order valence-electron chi connectivity index (χ4n) is 1.71. The predicted molar refractivity (Wildman–Crippen MR) is 84.4 cm³/mol. The fourth-order valence-corrected chi connectivity index (χ4v) is 1.71. The van der Waals surface area contributed by atoms with Gasteiger partial charge in [-0.05, 0) is 5.92 Å². The van der Waals surface area contributed by atoms with Gasteiger partial charge in [0.15, 0.2) is 0 Å². The smallest absolute Gasteiger partial charge is 0.648 e. The van der Waals surface area contributed by atoms with E-state index in [1.165, 1.54) is 0 Å². The first-order valence-corrected chi connectivity index (χ1v) is 7.55. The third-order valence-electron chi connectivity index (χ3n) is 2.78. The van der Waals surface area contributed by atoms with E-state index in [1.54, 1.807) is 0 Å². The molecule has 23 heavy (non-hydrogen) atoms. The van der Waals surface area contributed by atoms with Crippen LogP contribution in [0.25, 0.3) is 5.32 Å². The zero-order chi connectivity index (χ0) is 16.2. The van der Waals surface area contributed by atoms with Gasteiger partial charge in [0.25, 0.3) is 0 Å². The molecule has 1 aromatic rings. The van der Waals surface area contributed by atoms with Gasteiger partial charge in [-0.3, -0.25) is 4.79 Å². The normalized spacial score (nSPS) is 10.0. The molecule has 6 heteroatoms. The van der Waals surface area contributed by atoms with Crippen LogP contribution in [-0.4, -0.2) is 31.7 Å². The second-order valence-corrected chi connectivity index (χ2v) is 5.42. The first kappa shape index (κ1) is 22.9. The van der Waals surface area contributed by atoms with Crippen LogP contribution in [0.4, 0.5) is 0 Å². The molecular weight excluding hydrogens is 368 g/mol. The molecule has 0 aromatic heterocycles. The molecule has 0 unspecified atom stereocenters. The molecule has 0 N–H and O–H groups in total. The SMILES string of the molecule is CC(C)CC(=O)OCCCOCC(=O)[N-]Cc1ccccc1.[Rb+]. The summed E-state index contributed by atoms with van der Waals surface area (Å²) in [6, 6.07) is 9.58. The Hall–Kier alpha value is -0.0748. The van der Waals surface area contributed by atoms with Crippen LogP contribution in [0.15, 0.2) is 30.3 Å². The number of benzene rings is 1. The first-order chi connectivity index (χ1) is 10.6. The van der Waals surface area contributed by atoms with Crippen LogP contribution in [0.1, 0.15) is 32.3 Å². The number of ether oxygens (including phenoxy) is 2. The average molecular weight is 392 g/mol. The van der Waals surface area contributed by atoms with Crippen molar-refractivity contribution in [1.29, 1.82) is 0 Å². The topological polar surface area (TPSA) is 66.7 Å². The summed E-state index contributed by atoms with van der Waals surface area (Å²) in [5, 5.41) is 3.92. The molecule has 5 nitrogen and oxygen atoms in total. The number of hydrogen-bond acceptors (Lipinski definition) is 4. The Morgan fingerprint density at radius 2 is 1.83 bits per heavy atom. The van der Waals surface area contributed by atoms with Gasteiger partial charge in [0.1, 0.15) is 0 Å². The summed E-state index contributed by atoms with van der Waals surface area (Å²) in [5.41, 5.74) is 0.993. The Bertz CT molecular complexity index is 451. The predicted octanol–water partition coefficient (Wildman–Crippen LogP) is 0.0869. The molecule has 122 valence electrons. The molecule has 0 heterocycles. The zero-order valence-electron chi connectivity index (χ0n) is 14.3. The summed E-state index contributed by atoms with van der Waals surface area (Å²) in [4.78, 5) is 22.8. The van der Waals surface area contributed by atoms with Crippen molar-refractivity contribution in [2.24, 2.45) is 5.92 Å². The van der Waals surface area contributed by atoms with Gasteiger partial charge in [0, 0.05) is 12.8 Å². The number of amides is 1. The number of carbonyl (C=O) groups excluding carboxylic acids is 2. The number of rotatable bonds is 10. The van der Waals surface area contributed by atoms with Crippen LogP contribution in [0, 0.1) is 5.92 Å². The number of carbonyl (C=O) groups is 2. The van der Waals surface area contributed by atoms with Gasteiger partial charge in [-0.1, -0.05) is 49.7 Å². The van der Waals surface area contributed by atoms with E-state index in [1.807, 2.05) is 44.2 Å². The number of nitrogens with zero attached hydrogens (tertiary/aromatic N) is 1. The van der Waals surface area contributed by atoms with E-state index in [0.29, 0.717) is 38.5 Å². The molecule has 0 aliphatic carbocycles. The van der Waals surface area contributed by atoms with E-state index < -0.39 is 0 Å². The van der Waals surface area contributed by atoms with Gasteiger partial charge in [0.2, 0.25) is 0 Å². The minimum Gasteiger partial charge on any atom is -0.648 e. The molecule has 1 amide bonds. The summed E-state index contributed by atoms with van der Waals surface area (Å²) < 4.78 is 10.3. The van der Waals surface area contributed by atoms with Gasteiger partial charge in [0.05, 0.1) is 25.7 Å². The van der Waals surface area contributed by atoms with Crippen LogP contribution in [0.5, 0.6) is 0 Å². The van der Waals surface area contributed by atoms with Crippen molar-refractivity contribution in [3.8, 4) is 0 Å². The quantitative estimate of drug-likeness (QED) is 0.419. The molecule has 0 aliphatic heterocycles. The van der Waals surface area contributed by atoms with Gasteiger partial charge >= 0.3 is 64.2 Å². The Morgan fingerprint density at radius 1 is 1.13 bits per heavy atom. The number of hydrogen-bond donors (Lipinski definition) is 0. The second kappa shape index (κ2) is 14.3. The molecule has 0 saturated heterocycles. The third-order valence-corrected chi connectivity index (χ3v) is 2.78. The summed E-state index contributed by atoms with van der Waals surface area (Å²) in [6.45, 7) is 4.97. The van der Waals surface area contributed by atoms with Crippen LogP contribution >= 0.6 is 0 Å². The molecule has 0 radical (unpaired) electrons. The van der Waals surface area contributed by atoms with Crippen molar-refractivity contribution in [2.45, 2.75) is 33.2 Å². The van der Waals surface area contributed by atoms with Crippen molar-refractivity contribution in [1.82, 2.24) is 0 Å². The van der Waals surface area contributed by atoms with Crippen LogP contribution in [-0.2, 0) is 25.6 Å². The van der Waals surface area contributed by atoms with Crippen LogP contribution in [0.3, 0.4) is 0 Å². The first-order valence-electron chi connectivity index (χ1n) is 7.55. The van der Waals surface area contributed by atoms with E-state index in [4.69, 9.17) is 9.47 Å². The summed E-state index contributed by atoms with van der Waals surface area (Å²) in [6.07, 6.45) is 1.01. The largest absolute Gasteiger partial charge is 1.00 e. The van der Waals surface area contributed by atoms with Gasteiger partial charge < -0.3 is 19.6 Å². The van der Waals surface area contributed by atoms with E-state index in [0.717, 1.165) is 5.56 Å². The molecule has 1 aromatic carbocycles. The summed E-state index contributed by atoms with van der Waals surface area (Å²) in [5.74, 6) is -0.169. The van der Waals surface area contributed by atoms with E-state index in [-0.39, 0.29) is 76.7 Å². The van der Waals surface area contributed by atoms with Gasteiger partial charge in [-0.2, -0.15) is 0 Å². The van der Waals surface area contributed by atoms with Crippen LogP contribution < -0.4 is 58.2 Å².